The van der Waals surface area contributed by atoms with Crippen LogP contribution in [0.1, 0.15) is 23.2 Å². The van der Waals surface area contributed by atoms with Crippen molar-refractivity contribution in [3.8, 4) is 6.07 Å². The monoisotopic (exact) mass is 218 g/mol. The summed E-state index contributed by atoms with van der Waals surface area (Å²) in [6.45, 7) is -0.684. The highest BCUT2D eigenvalue weighted by Gasteiger charge is 2.20. The van der Waals surface area contributed by atoms with Gasteiger partial charge in [-0.2, -0.15) is 5.26 Å². The molecule has 0 saturated carbocycles. The summed E-state index contributed by atoms with van der Waals surface area (Å²) in [6, 6.07) is 1.61. The van der Waals surface area contributed by atoms with Crippen LogP contribution < -0.4 is 0 Å². The Hall–Kier alpha value is -1.25. The van der Waals surface area contributed by atoms with Gasteiger partial charge in [0.05, 0.1) is 11.6 Å². The normalized spacial score (nSPS) is 10.3. The van der Waals surface area contributed by atoms with Gasteiger partial charge in [0.15, 0.2) is 0 Å². The fourth-order valence-electron chi connectivity index (χ4n) is 1.03. The van der Waals surface area contributed by atoms with E-state index in [4.69, 9.17) is 22.0 Å². The van der Waals surface area contributed by atoms with Crippen LogP contribution in [-0.4, -0.2) is 10.1 Å². The molecule has 74 valence electrons. The number of hydrogen-bond donors (Lipinski definition) is 1. The van der Waals surface area contributed by atoms with Gasteiger partial charge in [0.25, 0.3) is 6.43 Å². The first-order valence-corrected chi connectivity index (χ1v) is 3.96. The first-order valence-electron chi connectivity index (χ1n) is 3.58. The number of halogens is 3. The average Bonchev–Trinajstić information content (AvgIpc) is 2.16. The molecule has 0 aromatic carbocycles. The summed E-state index contributed by atoms with van der Waals surface area (Å²) >= 11 is 5.47. The summed E-state index contributed by atoms with van der Waals surface area (Å²) in [5.41, 5.74) is -0.970. The molecule has 6 heteroatoms. The van der Waals surface area contributed by atoms with Crippen molar-refractivity contribution in [2.45, 2.75) is 13.0 Å². The van der Waals surface area contributed by atoms with E-state index in [2.05, 4.69) is 4.98 Å². The van der Waals surface area contributed by atoms with E-state index in [0.717, 1.165) is 6.20 Å². The quantitative estimate of drug-likeness (QED) is 0.826. The Bertz CT molecular complexity index is 390. The molecule has 1 aromatic rings. The summed E-state index contributed by atoms with van der Waals surface area (Å²) < 4.78 is 24.9. The molecular weight excluding hydrogens is 214 g/mol. The number of alkyl halides is 2. The maximum atomic E-state index is 12.5. The molecule has 0 fully saturated rings. The van der Waals surface area contributed by atoms with Crippen LogP contribution in [0.3, 0.4) is 0 Å². The van der Waals surface area contributed by atoms with E-state index in [1.165, 1.54) is 0 Å². The van der Waals surface area contributed by atoms with Crippen molar-refractivity contribution in [2.75, 3.05) is 0 Å². The van der Waals surface area contributed by atoms with Crippen molar-refractivity contribution in [1.82, 2.24) is 4.98 Å². The zero-order valence-corrected chi connectivity index (χ0v) is 7.59. The zero-order valence-electron chi connectivity index (χ0n) is 6.84. The topological polar surface area (TPSA) is 56.9 Å². The minimum atomic E-state index is -2.83. The zero-order chi connectivity index (χ0) is 10.7. The summed E-state index contributed by atoms with van der Waals surface area (Å²) in [6.07, 6.45) is -1.86. The van der Waals surface area contributed by atoms with Crippen molar-refractivity contribution < 1.29 is 13.9 Å². The Kier molecular flexibility index (Phi) is 3.33. The maximum Gasteiger partial charge on any atom is 0.265 e. The molecule has 0 aliphatic rings. The largest absolute Gasteiger partial charge is 0.392 e. The van der Waals surface area contributed by atoms with Crippen LogP contribution in [0.5, 0.6) is 0 Å². The van der Waals surface area contributed by atoms with Crippen LogP contribution >= 0.6 is 11.6 Å². The van der Waals surface area contributed by atoms with E-state index < -0.39 is 18.6 Å². The predicted octanol–water partition coefficient (Wildman–Crippen LogP) is 2.04. The third-order valence-corrected chi connectivity index (χ3v) is 1.96. The number of hydrogen-bond acceptors (Lipinski definition) is 3. The Labute approximate surface area is 83.6 Å². The van der Waals surface area contributed by atoms with Crippen molar-refractivity contribution in [2.24, 2.45) is 0 Å². The molecule has 0 amide bonds. The minimum absolute atomic E-state index is 0.213. The molecule has 0 spiro atoms. The molecule has 0 unspecified atom stereocenters. The second-order valence-electron chi connectivity index (χ2n) is 2.42. The summed E-state index contributed by atoms with van der Waals surface area (Å²) in [5, 5.41) is 17.1. The van der Waals surface area contributed by atoms with Gasteiger partial charge in [-0.25, -0.2) is 13.8 Å². The maximum absolute atomic E-state index is 12.5. The van der Waals surface area contributed by atoms with Gasteiger partial charge in [0, 0.05) is 17.3 Å². The van der Waals surface area contributed by atoms with Gasteiger partial charge in [-0.15, -0.1) is 0 Å². The van der Waals surface area contributed by atoms with Crippen LogP contribution in [0.25, 0.3) is 0 Å². The Balaban J connectivity index is 3.45. The molecule has 1 aromatic heterocycles. The lowest BCUT2D eigenvalue weighted by atomic mass is 10.1. The number of pyridine rings is 1. The highest BCUT2D eigenvalue weighted by atomic mass is 35.5. The molecule has 14 heavy (non-hydrogen) atoms. The van der Waals surface area contributed by atoms with Gasteiger partial charge in [0.2, 0.25) is 0 Å². The van der Waals surface area contributed by atoms with Crippen LogP contribution in [0.2, 0.25) is 5.02 Å². The number of nitrogens with zero attached hydrogens (tertiary/aromatic N) is 2. The highest BCUT2D eigenvalue weighted by Crippen LogP contribution is 2.30. The molecule has 0 aliphatic carbocycles. The molecule has 1 rings (SSSR count). The van der Waals surface area contributed by atoms with E-state index in [1.807, 2.05) is 0 Å². The van der Waals surface area contributed by atoms with Crippen LogP contribution in [0, 0.1) is 11.3 Å². The van der Waals surface area contributed by atoms with Crippen molar-refractivity contribution >= 4 is 11.6 Å². The summed E-state index contributed by atoms with van der Waals surface area (Å²) in [7, 11) is 0. The number of rotatable bonds is 2. The SMILES string of the molecule is N#Cc1ncc(Cl)c(C(F)F)c1CO. The number of aromatic nitrogens is 1. The average molecular weight is 219 g/mol. The van der Waals surface area contributed by atoms with E-state index in [-0.39, 0.29) is 16.3 Å². The summed E-state index contributed by atoms with van der Waals surface area (Å²) in [4.78, 5) is 3.52. The van der Waals surface area contributed by atoms with E-state index >= 15 is 0 Å². The van der Waals surface area contributed by atoms with E-state index in [9.17, 15) is 8.78 Å². The van der Waals surface area contributed by atoms with Gasteiger partial charge in [0.1, 0.15) is 11.8 Å². The molecule has 0 atom stereocenters. The number of aliphatic hydroxyl groups is 1. The second kappa shape index (κ2) is 4.31. The Morgan fingerprint density at radius 3 is 2.71 bits per heavy atom. The molecule has 3 nitrogen and oxygen atoms in total. The van der Waals surface area contributed by atoms with Crippen molar-refractivity contribution in [3.63, 3.8) is 0 Å². The number of aliphatic hydroxyl groups excluding tert-OH is 1. The van der Waals surface area contributed by atoms with Gasteiger partial charge in [-0.05, 0) is 0 Å². The minimum Gasteiger partial charge on any atom is -0.392 e. The van der Waals surface area contributed by atoms with Gasteiger partial charge < -0.3 is 5.11 Å². The van der Waals surface area contributed by atoms with Gasteiger partial charge in [-0.1, -0.05) is 11.6 Å². The third-order valence-electron chi connectivity index (χ3n) is 1.66. The fourth-order valence-corrected chi connectivity index (χ4v) is 1.28. The standard InChI is InChI=1S/C8H5ClF2N2O/c9-5-2-13-6(1-12)4(3-14)7(5)8(10)11/h2,8,14H,3H2. The lowest BCUT2D eigenvalue weighted by Crippen LogP contribution is -2.02. The van der Waals surface area contributed by atoms with Crippen molar-refractivity contribution in [3.05, 3.63) is 28.0 Å². The lowest BCUT2D eigenvalue weighted by molar-refractivity contribution is 0.147. The molecule has 1 heterocycles. The van der Waals surface area contributed by atoms with E-state index in [0.29, 0.717) is 0 Å². The summed E-state index contributed by atoms with van der Waals surface area (Å²) in [5.74, 6) is 0. The van der Waals surface area contributed by atoms with E-state index in [1.54, 1.807) is 6.07 Å². The van der Waals surface area contributed by atoms with Crippen molar-refractivity contribution in [1.29, 1.82) is 5.26 Å². The number of nitriles is 1. The molecule has 1 N–H and O–H groups in total. The van der Waals surface area contributed by atoms with Crippen LogP contribution in [0.15, 0.2) is 6.20 Å². The van der Waals surface area contributed by atoms with Gasteiger partial charge >= 0.3 is 0 Å². The Morgan fingerprint density at radius 2 is 2.29 bits per heavy atom. The smallest absolute Gasteiger partial charge is 0.265 e. The predicted molar refractivity (Wildman–Crippen MR) is 44.8 cm³/mol. The third kappa shape index (κ3) is 1.81. The second-order valence-corrected chi connectivity index (χ2v) is 2.82. The molecule has 0 bridgehead atoms. The van der Waals surface area contributed by atoms with Crippen LogP contribution in [-0.2, 0) is 6.61 Å². The van der Waals surface area contributed by atoms with Gasteiger partial charge in [-0.3, -0.25) is 0 Å². The Morgan fingerprint density at radius 1 is 1.64 bits per heavy atom. The molecular formula is C8H5ClF2N2O. The van der Waals surface area contributed by atoms with Crippen LogP contribution in [0.4, 0.5) is 8.78 Å². The molecule has 0 saturated heterocycles. The first-order chi connectivity index (χ1) is 6.61. The lowest BCUT2D eigenvalue weighted by Gasteiger charge is -2.08. The highest BCUT2D eigenvalue weighted by molar-refractivity contribution is 6.31. The first kappa shape index (κ1) is 10.8. The molecule has 0 aliphatic heterocycles. The fraction of sp³-hybridized carbons (Fsp3) is 0.250. The molecule has 0 radical (unpaired) electrons.